The van der Waals surface area contributed by atoms with Crippen molar-refractivity contribution in [2.24, 2.45) is 7.05 Å². The van der Waals surface area contributed by atoms with Crippen LogP contribution in [0.4, 0.5) is 10.6 Å². The molecular weight excluding hydrogens is 484 g/mol. The number of carbonyl (C=O) groups excluding carboxylic acids is 1. The lowest BCUT2D eigenvalue weighted by atomic mass is 10.1. The molecule has 2 aromatic heterocycles. The highest BCUT2D eigenvalue weighted by molar-refractivity contribution is 5.85. The van der Waals surface area contributed by atoms with Crippen molar-refractivity contribution >= 4 is 23.1 Å². The highest BCUT2D eigenvalue weighted by Gasteiger charge is 2.37. The summed E-state index contributed by atoms with van der Waals surface area (Å²) in [5.41, 5.74) is 1.69. The molecule has 2 atom stereocenters. The SMILES string of the molecule is C[C@@H]1CN(c2nc(=O)n(C)c3c2nc(COCc2ccccc2)n3C2CC2)[C@@H](C)CN1C(=O)OC(C)(C)C. The molecule has 0 unspecified atom stereocenters. The smallest absolute Gasteiger partial charge is 0.410 e. The normalized spacial score (nSPS) is 20.3. The van der Waals surface area contributed by atoms with Crippen LogP contribution in [0.3, 0.4) is 0 Å². The Labute approximate surface area is 223 Å². The lowest BCUT2D eigenvalue weighted by Gasteiger charge is -2.44. The molecule has 2 aliphatic rings. The summed E-state index contributed by atoms with van der Waals surface area (Å²) in [5, 5.41) is 0. The summed E-state index contributed by atoms with van der Waals surface area (Å²) in [6.07, 6.45) is 1.77. The maximum atomic E-state index is 13.1. The van der Waals surface area contributed by atoms with E-state index in [9.17, 15) is 9.59 Å². The number of amides is 1. The average Bonchev–Trinajstić information content (AvgIpc) is 3.62. The van der Waals surface area contributed by atoms with E-state index in [-0.39, 0.29) is 23.9 Å². The van der Waals surface area contributed by atoms with Crippen LogP contribution in [0.1, 0.15) is 64.9 Å². The quantitative estimate of drug-likeness (QED) is 0.483. The molecule has 5 rings (SSSR count). The minimum atomic E-state index is -0.564. The van der Waals surface area contributed by atoms with Gasteiger partial charge in [0.15, 0.2) is 5.82 Å². The average molecular weight is 523 g/mol. The van der Waals surface area contributed by atoms with Crippen molar-refractivity contribution in [3.63, 3.8) is 0 Å². The van der Waals surface area contributed by atoms with Gasteiger partial charge in [-0.05, 0) is 53.0 Å². The molecule has 1 saturated heterocycles. The number of piperazine rings is 1. The Hall–Kier alpha value is -3.40. The molecule has 10 heteroatoms. The molecule has 1 aliphatic heterocycles. The number of aromatic nitrogens is 4. The lowest BCUT2D eigenvalue weighted by molar-refractivity contribution is 0.0130. The Balaban J connectivity index is 1.46. The zero-order valence-electron chi connectivity index (χ0n) is 23.2. The number of fused-ring (bicyclic) bond motifs is 1. The van der Waals surface area contributed by atoms with Gasteiger partial charge in [-0.1, -0.05) is 30.3 Å². The van der Waals surface area contributed by atoms with Crippen molar-refractivity contribution in [1.82, 2.24) is 24.0 Å². The fraction of sp³-hybridized carbons (Fsp3) is 0.571. The molecule has 3 heterocycles. The number of anilines is 1. The summed E-state index contributed by atoms with van der Waals surface area (Å²) >= 11 is 0. The maximum absolute atomic E-state index is 13.1. The number of imidazole rings is 1. The molecule has 0 N–H and O–H groups in total. The number of carbonyl (C=O) groups is 1. The monoisotopic (exact) mass is 522 g/mol. The van der Waals surface area contributed by atoms with E-state index in [1.807, 2.05) is 65.0 Å². The van der Waals surface area contributed by atoms with Gasteiger partial charge in [-0.25, -0.2) is 14.6 Å². The summed E-state index contributed by atoms with van der Waals surface area (Å²) in [5.74, 6) is 1.37. The van der Waals surface area contributed by atoms with Crippen molar-refractivity contribution in [3.8, 4) is 0 Å². The van der Waals surface area contributed by atoms with E-state index in [0.29, 0.717) is 43.7 Å². The molecular formula is C28H38N6O4. The zero-order chi connectivity index (χ0) is 27.2. The van der Waals surface area contributed by atoms with Crippen molar-refractivity contribution in [2.75, 3.05) is 18.0 Å². The molecule has 1 amide bonds. The number of benzene rings is 1. The van der Waals surface area contributed by atoms with E-state index < -0.39 is 5.60 Å². The van der Waals surface area contributed by atoms with Gasteiger partial charge in [-0.2, -0.15) is 4.98 Å². The van der Waals surface area contributed by atoms with E-state index >= 15 is 0 Å². The number of nitrogens with zero attached hydrogens (tertiary/aromatic N) is 6. The first-order chi connectivity index (χ1) is 18.0. The van der Waals surface area contributed by atoms with Gasteiger partial charge in [-0.15, -0.1) is 0 Å². The highest BCUT2D eigenvalue weighted by atomic mass is 16.6. The first-order valence-electron chi connectivity index (χ1n) is 13.4. The molecule has 1 saturated carbocycles. The Morgan fingerprint density at radius 3 is 2.39 bits per heavy atom. The van der Waals surface area contributed by atoms with Crippen LogP contribution >= 0.6 is 0 Å². The van der Waals surface area contributed by atoms with Crippen LogP contribution in [0.2, 0.25) is 0 Å². The van der Waals surface area contributed by atoms with Gasteiger partial charge >= 0.3 is 11.8 Å². The fourth-order valence-electron chi connectivity index (χ4n) is 5.10. The second-order valence-corrected chi connectivity index (χ2v) is 11.5. The van der Waals surface area contributed by atoms with Crippen LogP contribution in [-0.4, -0.2) is 60.9 Å². The summed E-state index contributed by atoms with van der Waals surface area (Å²) in [7, 11) is 1.75. The van der Waals surface area contributed by atoms with Crippen molar-refractivity contribution < 1.29 is 14.3 Å². The van der Waals surface area contributed by atoms with Crippen LogP contribution < -0.4 is 10.6 Å². The molecule has 0 spiro atoms. The number of rotatable bonds is 6. The second kappa shape index (κ2) is 10.1. The van der Waals surface area contributed by atoms with E-state index in [4.69, 9.17) is 14.5 Å². The molecule has 0 radical (unpaired) electrons. The predicted molar refractivity (Wildman–Crippen MR) is 145 cm³/mol. The number of hydrogen-bond acceptors (Lipinski definition) is 7. The Kier molecular flexibility index (Phi) is 6.94. The van der Waals surface area contributed by atoms with Crippen LogP contribution in [0.15, 0.2) is 35.1 Å². The molecule has 1 aliphatic carbocycles. The van der Waals surface area contributed by atoms with Gasteiger partial charge in [0.05, 0.1) is 6.61 Å². The van der Waals surface area contributed by atoms with Gasteiger partial charge < -0.3 is 23.8 Å². The highest BCUT2D eigenvalue weighted by Crippen LogP contribution is 2.40. The van der Waals surface area contributed by atoms with Crippen molar-refractivity contribution in [3.05, 3.63) is 52.2 Å². The van der Waals surface area contributed by atoms with Gasteiger partial charge in [0.25, 0.3) is 0 Å². The molecule has 0 bridgehead atoms. The molecule has 204 valence electrons. The topological polar surface area (TPSA) is 94.7 Å². The van der Waals surface area contributed by atoms with E-state index in [1.165, 1.54) is 0 Å². The number of hydrogen-bond donors (Lipinski definition) is 0. The fourth-order valence-corrected chi connectivity index (χ4v) is 5.10. The predicted octanol–water partition coefficient (Wildman–Crippen LogP) is 4.02. The molecule has 10 nitrogen and oxygen atoms in total. The Morgan fingerprint density at radius 2 is 1.74 bits per heavy atom. The largest absolute Gasteiger partial charge is 0.444 e. The Morgan fingerprint density at radius 1 is 1.03 bits per heavy atom. The number of aryl methyl sites for hydroxylation is 1. The molecule has 38 heavy (non-hydrogen) atoms. The summed E-state index contributed by atoms with van der Waals surface area (Å²) in [4.78, 5) is 39.3. The van der Waals surface area contributed by atoms with Gasteiger partial charge in [-0.3, -0.25) is 4.57 Å². The van der Waals surface area contributed by atoms with Crippen molar-refractivity contribution in [1.29, 1.82) is 0 Å². The number of ether oxygens (including phenoxy) is 2. The second-order valence-electron chi connectivity index (χ2n) is 11.5. The maximum Gasteiger partial charge on any atom is 0.410 e. The first kappa shape index (κ1) is 26.2. The van der Waals surface area contributed by atoms with Crippen LogP contribution in [0, 0.1) is 0 Å². The van der Waals surface area contributed by atoms with E-state index in [0.717, 1.165) is 29.9 Å². The van der Waals surface area contributed by atoms with Gasteiger partial charge in [0, 0.05) is 38.3 Å². The molecule has 3 aromatic rings. The van der Waals surface area contributed by atoms with Crippen molar-refractivity contribution in [2.45, 2.75) is 84.4 Å². The van der Waals surface area contributed by atoms with Crippen LogP contribution in [0.5, 0.6) is 0 Å². The van der Waals surface area contributed by atoms with Gasteiger partial charge in [0.1, 0.15) is 29.2 Å². The molecule has 1 aromatic carbocycles. The van der Waals surface area contributed by atoms with Gasteiger partial charge in [0.2, 0.25) is 0 Å². The Bertz CT molecular complexity index is 1370. The van der Waals surface area contributed by atoms with E-state index in [2.05, 4.69) is 14.5 Å². The molecule has 2 fully saturated rings. The summed E-state index contributed by atoms with van der Waals surface area (Å²) in [6, 6.07) is 10.2. The third-order valence-corrected chi connectivity index (χ3v) is 7.12. The summed E-state index contributed by atoms with van der Waals surface area (Å²) < 4.78 is 15.5. The van der Waals surface area contributed by atoms with E-state index in [1.54, 1.807) is 16.5 Å². The first-order valence-corrected chi connectivity index (χ1v) is 13.4. The third kappa shape index (κ3) is 5.27. The lowest BCUT2D eigenvalue weighted by Crippen LogP contribution is -2.59. The zero-order valence-corrected chi connectivity index (χ0v) is 23.2. The standard InChI is InChI=1S/C28H38N6O4/c1-18-15-33(27(36)38-28(3,4)5)19(2)14-32(18)24-23-25(31(6)26(35)30-24)34(21-12-13-21)22(29-23)17-37-16-20-10-8-7-9-11-20/h7-11,18-19,21H,12-17H2,1-6H3/t18-,19+/m0/s1. The summed E-state index contributed by atoms with van der Waals surface area (Å²) in [6.45, 7) is 11.4. The van der Waals surface area contributed by atoms with Crippen LogP contribution in [0.25, 0.3) is 11.2 Å². The minimum Gasteiger partial charge on any atom is -0.444 e. The minimum absolute atomic E-state index is 0.0784. The van der Waals surface area contributed by atoms with Crippen LogP contribution in [-0.2, 0) is 29.7 Å². The third-order valence-electron chi connectivity index (χ3n) is 7.12.